The van der Waals surface area contributed by atoms with E-state index >= 15 is 0 Å². The van der Waals surface area contributed by atoms with E-state index in [9.17, 15) is 18.0 Å². The van der Waals surface area contributed by atoms with Crippen LogP contribution in [-0.2, 0) is 11.0 Å². The molecule has 0 fully saturated rings. The zero-order valence-electron chi connectivity index (χ0n) is 14.5. The summed E-state index contributed by atoms with van der Waals surface area (Å²) in [7, 11) is 1.60. The average molecular weight is 381 g/mol. The van der Waals surface area contributed by atoms with Crippen LogP contribution in [0.5, 0.6) is 17.2 Å². The normalized spacial score (nSPS) is 15.9. The Labute approximate surface area is 154 Å². The highest BCUT2D eigenvalue weighted by molar-refractivity contribution is 5.77. The molecule has 0 saturated carbocycles. The topological polar surface area (TPSA) is 48.0 Å². The molecule has 3 rings (SSSR count). The molecule has 0 bridgehead atoms. The van der Waals surface area contributed by atoms with E-state index in [1.165, 1.54) is 17.0 Å². The van der Waals surface area contributed by atoms with Crippen LogP contribution in [0.25, 0.3) is 0 Å². The van der Waals surface area contributed by atoms with Crippen LogP contribution in [0.1, 0.15) is 5.56 Å². The van der Waals surface area contributed by atoms with E-state index < -0.39 is 11.7 Å². The third kappa shape index (κ3) is 4.84. The number of carbonyl (C=O) groups excluding carboxylic acids is 1. The first-order chi connectivity index (χ1) is 12.8. The summed E-state index contributed by atoms with van der Waals surface area (Å²) < 4.78 is 54.3. The molecule has 1 amide bonds. The highest BCUT2D eigenvalue weighted by Gasteiger charge is 2.30. The first-order valence-corrected chi connectivity index (χ1v) is 8.25. The molecule has 1 heterocycles. The van der Waals surface area contributed by atoms with Gasteiger partial charge in [-0.1, -0.05) is 12.1 Å². The number of benzene rings is 2. The minimum Gasteiger partial charge on any atom is -0.486 e. The summed E-state index contributed by atoms with van der Waals surface area (Å²) in [5.74, 6) is 1.15. The molecule has 8 heteroatoms. The van der Waals surface area contributed by atoms with Crippen LogP contribution in [-0.4, -0.2) is 43.7 Å². The van der Waals surface area contributed by atoms with Gasteiger partial charge >= 0.3 is 6.18 Å². The SMILES string of the molecule is CN(CC1COc2ccccc2O1)C(=O)COc1ccc(C(F)(F)F)cc1. The van der Waals surface area contributed by atoms with Gasteiger partial charge in [-0.3, -0.25) is 4.79 Å². The molecule has 0 aliphatic carbocycles. The van der Waals surface area contributed by atoms with Crippen molar-refractivity contribution in [2.75, 3.05) is 26.8 Å². The fraction of sp³-hybridized carbons (Fsp3) is 0.316. The maximum Gasteiger partial charge on any atom is 0.416 e. The van der Waals surface area contributed by atoms with Crippen LogP contribution in [0.2, 0.25) is 0 Å². The van der Waals surface area contributed by atoms with Gasteiger partial charge in [0, 0.05) is 7.05 Å². The molecular weight excluding hydrogens is 363 g/mol. The zero-order chi connectivity index (χ0) is 19.4. The summed E-state index contributed by atoms with van der Waals surface area (Å²) in [6, 6.07) is 11.5. The molecule has 1 unspecified atom stereocenters. The molecule has 2 aromatic carbocycles. The van der Waals surface area contributed by atoms with E-state index in [0.29, 0.717) is 24.7 Å². The lowest BCUT2D eigenvalue weighted by molar-refractivity contribution is -0.137. The summed E-state index contributed by atoms with van der Waals surface area (Å²) >= 11 is 0. The van der Waals surface area contributed by atoms with Gasteiger partial charge in [-0.25, -0.2) is 0 Å². The van der Waals surface area contributed by atoms with Gasteiger partial charge in [0.2, 0.25) is 0 Å². The zero-order valence-corrected chi connectivity index (χ0v) is 14.5. The number of hydrogen-bond acceptors (Lipinski definition) is 4. The van der Waals surface area contributed by atoms with E-state index in [2.05, 4.69) is 0 Å². The number of amides is 1. The molecule has 0 N–H and O–H groups in total. The highest BCUT2D eigenvalue weighted by Crippen LogP contribution is 2.31. The standard InChI is InChI=1S/C19H18F3NO4/c1-23(10-15-11-26-16-4-2-3-5-17(16)27-15)18(24)12-25-14-8-6-13(7-9-14)19(20,21)22/h2-9,15H,10-12H2,1H3. The van der Waals surface area contributed by atoms with Gasteiger partial charge in [-0.2, -0.15) is 13.2 Å². The van der Waals surface area contributed by atoms with Crippen LogP contribution in [0.15, 0.2) is 48.5 Å². The fourth-order valence-electron chi connectivity index (χ4n) is 2.56. The second kappa shape index (κ2) is 7.77. The molecule has 27 heavy (non-hydrogen) atoms. The average Bonchev–Trinajstić information content (AvgIpc) is 2.65. The van der Waals surface area contributed by atoms with E-state index in [0.717, 1.165) is 12.1 Å². The van der Waals surface area contributed by atoms with Crippen LogP contribution < -0.4 is 14.2 Å². The van der Waals surface area contributed by atoms with Crippen molar-refractivity contribution in [1.82, 2.24) is 4.90 Å². The van der Waals surface area contributed by atoms with Crippen molar-refractivity contribution in [3.8, 4) is 17.2 Å². The third-order valence-electron chi connectivity index (χ3n) is 4.01. The van der Waals surface area contributed by atoms with Crippen molar-refractivity contribution in [3.05, 3.63) is 54.1 Å². The lowest BCUT2D eigenvalue weighted by Crippen LogP contribution is -2.43. The molecule has 1 aliphatic rings. The minimum atomic E-state index is -4.41. The monoisotopic (exact) mass is 381 g/mol. The van der Waals surface area contributed by atoms with E-state index in [1.54, 1.807) is 19.2 Å². The van der Waals surface area contributed by atoms with Gasteiger partial charge in [0.15, 0.2) is 24.2 Å². The number of fused-ring (bicyclic) bond motifs is 1. The predicted octanol–water partition coefficient (Wildman–Crippen LogP) is 3.38. The Morgan fingerprint density at radius 3 is 2.48 bits per heavy atom. The van der Waals surface area contributed by atoms with Gasteiger partial charge in [0.25, 0.3) is 5.91 Å². The van der Waals surface area contributed by atoms with E-state index in [1.807, 2.05) is 12.1 Å². The lowest BCUT2D eigenvalue weighted by atomic mass is 10.2. The lowest BCUT2D eigenvalue weighted by Gasteiger charge is -2.29. The van der Waals surface area contributed by atoms with Crippen molar-refractivity contribution in [2.45, 2.75) is 12.3 Å². The molecule has 2 aromatic rings. The first kappa shape index (κ1) is 18.9. The molecule has 1 aliphatic heterocycles. The van der Waals surface area contributed by atoms with Crippen molar-refractivity contribution < 1.29 is 32.2 Å². The maximum absolute atomic E-state index is 12.5. The second-order valence-electron chi connectivity index (χ2n) is 6.08. The molecule has 0 aromatic heterocycles. The van der Waals surface area contributed by atoms with Crippen LogP contribution in [0.4, 0.5) is 13.2 Å². The minimum absolute atomic E-state index is 0.191. The Hall–Kier alpha value is -2.90. The van der Waals surface area contributed by atoms with Gasteiger partial charge in [-0.15, -0.1) is 0 Å². The Morgan fingerprint density at radius 1 is 1.15 bits per heavy atom. The molecule has 0 saturated heterocycles. The van der Waals surface area contributed by atoms with Crippen molar-refractivity contribution >= 4 is 5.91 Å². The van der Waals surface area contributed by atoms with Crippen LogP contribution >= 0.6 is 0 Å². The summed E-state index contributed by atoms with van der Waals surface area (Å²) in [6.07, 6.45) is -4.73. The summed E-state index contributed by atoms with van der Waals surface area (Å²) in [5.41, 5.74) is -0.770. The predicted molar refractivity (Wildman–Crippen MR) is 90.9 cm³/mol. The molecule has 0 spiro atoms. The number of alkyl halides is 3. The number of likely N-dealkylation sites (N-methyl/N-ethyl adjacent to an activating group) is 1. The number of para-hydroxylation sites is 2. The number of rotatable bonds is 5. The van der Waals surface area contributed by atoms with Gasteiger partial charge < -0.3 is 19.1 Å². The largest absolute Gasteiger partial charge is 0.486 e. The molecule has 5 nitrogen and oxygen atoms in total. The smallest absolute Gasteiger partial charge is 0.416 e. The summed E-state index contributed by atoms with van der Waals surface area (Å²) in [5, 5.41) is 0. The molecular formula is C19H18F3NO4. The molecule has 0 radical (unpaired) electrons. The highest BCUT2D eigenvalue weighted by atomic mass is 19.4. The Kier molecular flexibility index (Phi) is 5.43. The van der Waals surface area contributed by atoms with Gasteiger partial charge in [0.1, 0.15) is 12.4 Å². The van der Waals surface area contributed by atoms with Crippen LogP contribution in [0, 0.1) is 0 Å². The van der Waals surface area contributed by atoms with Crippen molar-refractivity contribution in [1.29, 1.82) is 0 Å². The number of nitrogens with zero attached hydrogens (tertiary/aromatic N) is 1. The number of halogens is 3. The van der Waals surface area contributed by atoms with Gasteiger partial charge in [0.05, 0.1) is 12.1 Å². The van der Waals surface area contributed by atoms with Crippen molar-refractivity contribution in [3.63, 3.8) is 0 Å². The van der Waals surface area contributed by atoms with Crippen molar-refractivity contribution in [2.24, 2.45) is 0 Å². The number of carbonyl (C=O) groups is 1. The number of hydrogen-bond donors (Lipinski definition) is 0. The van der Waals surface area contributed by atoms with E-state index in [4.69, 9.17) is 14.2 Å². The molecule has 1 atom stereocenters. The third-order valence-corrected chi connectivity index (χ3v) is 4.01. The second-order valence-corrected chi connectivity index (χ2v) is 6.08. The summed E-state index contributed by atoms with van der Waals surface area (Å²) in [6.45, 7) is 0.323. The maximum atomic E-state index is 12.5. The van der Waals surface area contributed by atoms with E-state index in [-0.39, 0.29) is 24.4 Å². The Morgan fingerprint density at radius 2 is 1.81 bits per heavy atom. The van der Waals surface area contributed by atoms with Crippen LogP contribution in [0.3, 0.4) is 0 Å². The van der Waals surface area contributed by atoms with Gasteiger partial charge in [-0.05, 0) is 36.4 Å². The Balaban J connectivity index is 1.48. The Bertz CT molecular complexity index is 792. The quantitative estimate of drug-likeness (QED) is 0.797. The fourth-order valence-corrected chi connectivity index (χ4v) is 2.56. The first-order valence-electron chi connectivity index (χ1n) is 8.25. The summed E-state index contributed by atoms with van der Waals surface area (Å²) in [4.78, 5) is 13.6. The molecule has 144 valence electrons. The number of ether oxygens (including phenoxy) is 3.